The number of allylic oxidation sites excluding steroid dienone is 1. The summed E-state index contributed by atoms with van der Waals surface area (Å²) in [5.41, 5.74) is 0.388. The van der Waals surface area contributed by atoms with Crippen LogP contribution in [0.15, 0.2) is 12.7 Å². The highest BCUT2D eigenvalue weighted by molar-refractivity contribution is 5.18. The van der Waals surface area contributed by atoms with Gasteiger partial charge in [0.2, 0.25) is 0 Å². The molecule has 0 aromatic rings. The predicted molar refractivity (Wildman–Crippen MR) is 36.0 cm³/mol. The third-order valence-corrected chi connectivity index (χ3v) is 2.95. The first-order valence-electron chi connectivity index (χ1n) is 3.60. The Morgan fingerprint density at radius 2 is 2.44 bits per heavy atom. The van der Waals surface area contributed by atoms with Gasteiger partial charge in [-0.3, -0.25) is 0 Å². The van der Waals surface area contributed by atoms with Crippen LogP contribution in [0.2, 0.25) is 0 Å². The number of fused-ring (bicyclic) bond motifs is 1. The fourth-order valence-corrected chi connectivity index (χ4v) is 2.11. The van der Waals surface area contributed by atoms with Crippen LogP contribution in [-0.2, 0) is 0 Å². The number of rotatable bonds is 1. The minimum absolute atomic E-state index is 0.0111. The minimum Gasteiger partial charge on any atom is -0.393 e. The Labute approximate surface area is 55.4 Å². The van der Waals surface area contributed by atoms with E-state index in [0.717, 1.165) is 6.42 Å². The Morgan fingerprint density at radius 1 is 1.67 bits per heavy atom. The Bertz CT molecular complexity index is 153. The van der Waals surface area contributed by atoms with Crippen molar-refractivity contribution in [2.24, 2.45) is 11.3 Å². The van der Waals surface area contributed by atoms with Gasteiger partial charge in [-0.05, 0) is 30.6 Å². The normalized spacial score (nSPS) is 54.8. The Balaban J connectivity index is 2.16. The molecule has 0 aromatic carbocycles. The standard InChI is InChI=1S/C8H12O/c1-2-8-4-3-7(9)6(8)5-8/h2,6-7,9H,1,3-5H2/t6-,7+,8-/m0/s1. The van der Waals surface area contributed by atoms with Crippen LogP contribution in [0.3, 0.4) is 0 Å². The highest BCUT2D eigenvalue weighted by Crippen LogP contribution is 2.64. The van der Waals surface area contributed by atoms with E-state index in [1.807, 2.05) is 6.08 Å². The van der Waals surface area contributed by atoms with Crippen molar-refractivity contribution in [3.05, 3.63) is 12.7 Å². The van der Waals surface area contributed by atoms with Crippen molar-refractivity contribution in [3.8, 4) is 0 Å². The number of aliphatic hydroxyl groups excluding tert-OH is 1. The van der Waals surface area contributed by atoms with Crippen molar-refractivity contribution in [2.45, 2.75) is 25.4 Å². The largest absolute Gasteiger partial charge is 0.393 e. The zero-order valence-corrected chi connectivity index (χ0v) is 5.51. The molecule has 3 atom stereocenters. The van der Waals surface area contributed by atoms with Crippen LogP contribution in [0.5, 0.6) is 0 Å². The quantitative estimate of drug-likeness (QED) is 0.523. The van der Waals surface area contributed by atoms with Gasteiger partial charge in [0.05, 0.1) is 6.10 Å². The summed E-state index contributed by atoms with van der Waals surface area (Å²) in [6, 6.07) is 0. The molecule has 1 heteroatoms. The molecule has 0 heterocycles. The summed E-state index contributed by atoms with van der Waals surface area (Å²) in [5.74, 6) is 0.579. The summed E-state index contributed by atoms with van der Waals surface area (Å²) in [5, 5.41) is 9.29. The van der Waals surface area contributed by atoms with Crippen LogP contribution in [0, 0.1) is 11.3 Å². The fourth-order valence-electron chi connectivity index (χ4n) is 2.11. The summed E-state index contributed by atoms with van der Waals surface area (Å²) in [7, 11) is 0. The highest BCUT2D eigenvalue weighted by Gasteiger charge is 2.59. The molecule has 9 heavy (non-hydrogen) atoms. The Kier molecular flexibility index (Phi) is 0.854. The highest BCUT2D eigenvalue weighted by atomic mass is 16.3. The fraction of sp³-hybridized carbons (Fsp3) is 0.750. The molecule has 0 saturated heterocycles. The smallest absolute Gasteiger partial charge is 0.0577 e. The van der Waals surface area contributed by atoms with Gasteiger partial charge in [-0.25, -0.2) is 0 Å². The average molecular weight is 124 g/mol. The average Bonchev–Trinajstić information content (AvgIpc) is 2.53. The molecule has 0 aromatic heterocycles. The molecular weight excluding hydrogens is 112 g/mol. The first kappa shape index (κ1) is 5.48. The maximum Gasteiger partial charge on any atom is 0.0577 e. The molecular formula is C8H12O. The van der Waals surface area contributed by atoms with Crippen LogP contribution >= 0.6 is 0 Å². The summed E-state index contributed by atoms with van der Waals surface area (Å²) in [4.78, 5) is 0. The number of hydrogen-bond acceptors (Lipinski definition) is 1. The van der Waals surface area contributed by atoms with E-state index >= 15 is 0 Å². The van der Waals surface area contributed by atoms with E-state index in [0.29, 0.717) is 11.3 Å². The lowest BCUT2D eigenvalue weighted by Crippen LogP contribution is -2.02. The summed E-state index contributed by atoms with van der Waals surface area (Å²) < 4.78 is 0. The van der Waals surface area contributed by atoms with E-state index < -0.39 is 0 Å². The van der Waals surface area contributed by atoms with Gasteiger partial charge in [0.1, 0.15) is 0 Å². The first-order chi connectivity index (χ1) is 4.28. The van der Waals surface area contributed by atoms with E-state index in [4.69, 9.17) is 0 Å². The monoisotopic (exact) mass is 124 g/mol. The lowest BCUT2D eigenvalue weighted by Gasteiger charge is -1.99. The van der Waals surface area contributed by atoms with Gasteiger partial charge >= 0.3 is 0 Å². The molecule has 2 saturated carbocycles. The van der Waals surface area contributed by atoms with Crippen LogP contribution in [-0.4, -0.2) is 11.2 Å². The van der Waals surface area contributed by atoms with Crippen molar-refractivity contribution in [1.29, 1.82) is 0 Å². The molecule has 0 aliphatic heterocycles. The van der Waals surface area contributed by atoms with Gasteiger partial charge in [0.15, 0.2) is 0 Å². The van der Waals surface area contributed by atoms with Crippen LogP contribution in [0.4, 0.5) is 0 Å². The maximum absolute atomic E-state index is 9.29. The maximum atomic E-state index is 9.29. The third-order valence-electron chi connectivity index (χ3n) is 2.95. The zero-order valence-electron chi connectivity index (χ0n) is 5.51. The summed E-state index contributed by atoms with van der Waals surface area (Å²) in [6.45, 7) is 3.78. The van der Waals surface area contributed by atoms with Crippen molar-refractivity contribution in [1.82, 2.24) is 0 Å². The lowest BCUT2D eigenvalue weighted by molar-refractivity contribution is 0.159. The molecule has 2 aliphatic carbocycles. The van der Waals surface area contributed by atoms with Crippen LogP contribution in [0.25, 0.3) is 0 Å². The Morgan fingerprint density at radius 3 is 2.67 bits per heavy atom. The molecule has 2 rings (SSSR count). The van der Waals surface area contributed by atoms with Gasteiger partial charge in [0, 0.05) is 0 Å². The van der Waals surface area contributed by atoms with Crippen LogP contribution in [0.1, 0.15) is 19.3 Å². The van der Waals surface area contributed by atoms with Crippen molar-refractivity contribution < 1.29 is 5.11 Å². The first-order valence-corrected chi connectivity index (χ1v) is 3.60. The van der Waals surface area contributed by atoms with Gasteiger partial charge in [-0.15, -0.1) is 6.58 Å². The second kappa shape index (κ2) is 1.40. The molecule has 0 bridgehead atoms. The molecule has 0 unspecified atom stereocenters. The van der Waals surface area contributed by atoms with Gasteiger partial charge in [-0.1, -0.05) is 6.08 Å². The molecule has 2 fully saturated rings. The van der Waals surface area contributed by atoms with Crippen LogP contribution < -0.4 is 0 Å². The topological polar surface area (TPSA) is 20.2 Å². The lowest BCUT2D eigenvalue weighted by atomic mass is 10.1. The molecule has 1 nitrogen and oxygen atoms in total. The Hall–Kier alpha value is -0.300. The van der Waals surface area contributed by atoms with E-state index in [-0.39, 0.29) is 6.10 Å². The van der Waals surface area contributed by atoms with Gasteiger partial charge in [-0.2, -0.15) is 0 Å². The number of aliphatic hydroxyl groups is 1. The predicted octanol–water partition coefficient (Wildman–Crippen LogP) is 1.33. The van der Waals surface area contributed by atoms with Gasteiger partial charge in [0.25, 0.3) is 0 Å². The van der Waals surface area contributed by atoms with Crippen molar-refractivity contribution >= 4 is 0 Å². The van der Waals surface area contributed by atoms with E-state index in [9.17, 15) is 5.11 Å². The molecule has 0 amide bonds. The summed E-state index contributed by atoms with van der Waals surface area (Å²) in [6.07, 6.45) is 5.38. The van der Waals surface area contributed by atoms with E-state index in [1.165, 1.54) is 12.8 Å². The van der Waals surface area contributed by atoms with Crippen molar-refractivity contribution in [3.63, 3.8) is 0 Å². The van der Waals surface area contributed by atoms with Crippen molar-refractivity contribution in [2.75, 3.05) is 0 Å². The van der Waals surface area contributed by atoms with Gasteiger partial charge < -0.3 is 5.11 Å². The SMILES string of the molecule is C=C[C@@]12CC[C@@H](O)[C@@H]1C2. The summed E-state index contributed by atoms with van der Waals surface area (Å²) >= 11 is 0. The second-order valence-corrected chi connectivity index (χ2v) is 3.35. The minimum atomic E-state index is -0.0111. The third kappa shape index (κ3) is 0.531. The molecule has 1 N–H and O–H groups in total. The zero-order chi connectivity index (χ0) is 6.48. The van der Waals surface area contributed by atoms with E-state index in [1.54, 1.807) is 0 Å². The molecule has 0 spiro atoms. The molecule has 50 valence electrons. The second-order valence-electron chi connectivity index (χ2n) is 3.35. The number of hydrogen-bond donors (Lipinski definition) is 1. The molecule has 0 radical (unpaired) electrons. The van der Waals surface area contributed by atoms with E-state index in [2.05, 4.69) is 6.58 Å². The molecule has 2 aliphatic rings.